The summed E-state index contributed by atoms with van der Waals surface area (Å²) in [6.45, 7) is 1.42. The van der Waals surface area contributed by atoms with Crippen LogP contribution in [0.25, 0.3) is 10.8 Å². The number of aromatic nitrogens is 1. The van der Waals surface area contributed by atoms with Gasteiger partial charge in [-0.1, -0.05) is 18.2 Å². The average molecular weight is 246 g/mol. The predicted octanol–water partition coefficient (Wildman–Crippen LogP) is 0.797. The van der Waals surface area contributed by atoms with Crippen LogP contribution in [0.1, 0.15) is 12.5 Å². The van der Waals surface area contributed by atoms with Gasteiger partial charge in [0, 0.05) is 24.2 Å². The first-order valence-electron chi connectivity index (χ1n) is 5.47. The van der Waals surface area contributed by atoms with Crippen LogP contribution in [0.15, 0.2) is 35.3 Å². The van der Waals surface area contributed by atoms with E-state index in [0.29, 0.717) is 16.3 Å². The molecule has 1 atom stereocenters. The largest absolute Gasteiger partial charge is 0.480 e. The van der Waals surface area contributed by atoms with Gasteiger partial charge in [0.1, 0.15) is 5.54 Å². The zero-order valence-electron chi connectivity index (χ0n) is 10.2. The molecule has 0 aliphatic rings. The van der Waals surface area contributed by atoms with Gasteiger partial charge in [-0.3, -0.25) is 4.79 Å². The molecule has 0 amide bonds. The zero-order chi connectivity index (χ0) is 13.5. The number of aliphatic carboxylic acids is 1. The number of carboxylic acids is 1. The van der Waals surface area contributed by atoms with Crippen molar-refractivity contribution < 1.29 is 9.90 Å². The highest BCUT2D eigenvalue weighted by Gasteiger charge is 2.32. The van der Waals surface area contributed by atoms with Crippen LogP contribution >= 0.6 is 0 Å². The third kappa shape index (κ3) is 1.69. The Balaban J connectivity index is 2.93. The van der Waals surface area contributed by atoms with Crippen LogP contribution in [0.5, 0.6) is 0 Å². The Morgan fingerprint density at radius 1 is 1.33 bits per heavy atom. The monoisotopic (exact) mass is 246 g/mol. The average Bonchev–Trinajstić information content (AvgIpc) is 2.33. The van der Waals surface area contributed by atoms with Crippen molar-refractivity contribution in [3.8, 4) is 0 Å². The van der Waals surface area contributed by atoms with Gasteiger partial charge in [-0.2, -0.15) is 0 Å². The lowest BCUT2D eigenvalue weighted by molar-refractivity contribution is -0.143. The summed E-state index contributed by atoms with van der Waals surface area (Å²) < 4.78 is 1.35. The van der Waals surface area contributed by atoms with Crippen molar-refractivity contribution in [2.75, 3.05) is 0 Å². The Hall–Kier alpha value is -2.14. The normalized spacial score (nSPS) is 14.4. The fourth-order valence-corrected chi connectivity index (χ4v) is 1.95. The minimum absolute atomic E-state index is 0.171. The highest BCUT2D eigenvalue weighted by atomic mass is 16.4. The molecule has 18 heavy (non-hydrogen) atoms. The highest BCUT2D eigenvalue weighted by Crippen LogP contribution is 2.25. The predicted molar refractivity (Wildman–Crippen MR) is 68.4 cm³/mol. The van der Waals surface area contributed by atoms with E-state index in [1.54, 1.807) is 31.3 Å². The van der Waals surface area contributed by atoms with Gasteiger partial charge in [-0.25, -0.2) is 4.79 Å². The molecule has 0 aliphatic carbocycles. The van der Waals surface area contributed by atoms with Crippen LogP contribution in [0.4, 0.5) is 0 Å². The molecule has 0 saturated heterocycles. The van der Waals surface area contributed by atoms with Crippen molar-refractivity contribution in [2.45, 2.75) is 12.5 Å². The molecule has 1 unspecified atom stereocenters. The van der Waals surface area contributed by atoms with Gasteiger partial charge in [0.25, 0.3) is 5.56 Å². The number of aryl methyl sites for hydroxylation is 1. The van der Waals surface area contributed by atoms with E-state index in [9.17, 15) is 14.7 Å². The number of carbonyl (C=O) groups is 1. The molecule has 0 fully saturated rings. The molecule has 1 aromatic carbocycles. The third-order valence-corrected chi connectivity index (χ3v) is 3.09. The van der Waals surface area contributed by atoms with Gasteiger partial charge in [0.15, 0.2) is 0 Å². The summed E-state index contributed by atoms with van der Waals surface area (Å²) >= 11 is 0. The third-order valence-electron chi connectivity index (χ3n) is 3.09. The number of rotatable bonds is 2. The minimum Gasteiger partial charge on any atom is -0.480 e. The molecular formula is C13H14N2O3. The number of nitrogens with zero attached hydrogens (tertiary/aromatic N) is 1. The second-order valence-electron chi connectivity index (χ2n) is 4.51. The van der Waals surface area contributed by atoms with E-state index >= 15 is 0 Å². The lowest BCUT2D eigenvalue weighted by Crippen LogP contribution is -2.42. The number of fused-ring (bicyclic) bond motifs is 1. The number of benzene rings is 1. The SMILES string of the molecule is Cn1cc(C(C)(N)C(=O)O)c2ccccc2c1=O. The Morgan fingerprint density at radius 3 is 2.44 bits per heavy atom. The quantitative estimate of drug-likeness (QED) is 0.820. The summed E-state index contributed by atoms with van der Waals surface area (Å²) in [5.41, 5.74) is 4.57. The number of hydrogen-bond acceptors (Lipinski definition) is 3. The zero-order valence-corrected chi connectivity index (χ0v) is 10.2. The van der Waals surface area contributed by atoms with Crippen LogP contribution in [-0.2, 0) is 17.4 Å². The molecule has 5 nitrogen and oxygen atoms in total. The molecule has 1 heterocycles. The number of carboxylic acid groups (broad SMARTS) is 1. The van der Waals surface area contributed by atoms with E-state index in [0.717, 1.165) is 0 Å². The van der Waals surface area contributed by atoms with Gasteiger partial charge >= 0.3 is 5.97 Å². The molecule has 5 heteroatoms. The van der Waals surface area contributed by atoms with E-state index in [2.05, 4.69) is 0 Å². The fraction of sp³-hybridized carbons (Fsp3) is 0.231. The van der Waals surface area contributed by atoms with Crippen LogP contribution in [0.2, 0.25) is 0 Å². The maximum absolute atomic E-state index is 12.0. The molecule has 0 radical (unpaired) electrons. The van der Waals surface area contributed by atoms with Crippen LogP contribution in [0, 0.1) is 0 Å². The highest BCUT2D eigenvalue weighted by molar-refractivity contribution is 5.91. The molecule has 0 saturated carbocycles. The van der Waals surface area contributed by atoms with E-state index < -0.39 is 11.5 Å². The molecular weight excluding hydrogens is 232 g/mol. The number of nitrogens with two attached hydrogens (primary N) is 1. The van der Waals surface area contributed by atoms with Crippen molar-refractivity contribution in [1.29, 1.82) is 0 Å². The lowest BCUT2D eigenvalue weighted by atomic mass is 9.90. The topological polar surface area (TPSA) is 85.3 Å². The Morgan fingerprint density at radius 2 is 1.89 bits per heavy atom. The summed E-state index contributed by atoms with van der Waals surface area (Å²) in [6.07, 6.45) is 1.48. The van der Waals surface area contributed by atoms with E-state index in [1.165, 1.54) is 17.7 Å². The van der Waals surface area contributed by atoms with Crippen molar-refractivity contribution in [1.82, 2.24) is 4.57 Å². The number of hydrogen-bond donors (Lipinski definition) is 2. The summed E-state index contributed by atoms with van der Waals surface area (Å²) in [4.78, 5) is 23.2. The molecule has 94 valence electrons. The summed E-state index contributed by atoms with van der Waals surface area (Å²) in [5.74, 6) is -1.13. The van der Waals surface area contributed by atoms with Gasteiger partial charge in [-0.15, -0.1) is 0 Å². The maximum Gasteiger partial charge on any atom is 0.328 e. The molecule has 3 N–H and O–H groups in total. The Labute approximate surface area is 103 Å². The van der Waals surface area contributed by atoms with Gasteiger partial charge in [-0.05, 0) is 18.4 Å². The van der Waals surface area contributed by atoms with E-state index in [-0.39, 0.29) is 5.56 Å². The molecule has 0 spiro atoms. The lowest BCUT2D eigenvalue weighted by Gasteiger charge is -2.22. The fourth-order valence-electron chi connectivity index (χ4n) is 1.95. The van der Waals surface area contributed by atoms with Gasteiger partial charge < -0.3 is 15.4 Å². The van der Waals surface area contributed by atoms with Crippen LogP contribution in [-0.4, -0.2) is 15.6 Å². The second kappa shape index (κ2) is 3.96. The van der Waals surface area contributed by atoms with Crippen molar-refractivity contribution >= 4 is 16.7 Å². The molecule has 2 rings (SSSR count). The van der Waals surface area contributed by atoms with E-state index in [4.69, 9.17) is 5.73 Å². The molecule has 1 aromatic heterocycles. The van der Waals surface area contributed by atoms with Gasteiger partial charge in [0.2, 0.25) is 0 Å². The molecule has 0 bridgehead atoms. The Kier molecular flexibility index (Phi) is 2.71. The maximum atomic E-state index is 12.0. The van der Waals surface area contributed by atoms with Crippen LogP contribution in [0.3, 0.4) is 0 Å². The molecule has 2 aromatic rings. The minimum atomic E-state index is -1.54. The first-order valence-corrected chi connectivity index (χ1v) is 5.47. The summed E-state index contributed by atoms with van der Waals surface area (Å²) in [5, 5.41) is 10.2. The number of pyridine rings is 1. The summed E-state index contributed by atoms with van der Waals surface area (Å²) in [6, 6.07) is 6.87. The van der Waals surface area contributed by atoms with Crippen LogP contribution < -0.4 is 11.3 Å². The first-order chi connectivity index (χ1) is 8.35. The van der Waals surface area contributed by atoms with Gasteiger partial charge in [0.05, 0.1) is 0 Å². The van der Waals surface area contributed by atoms with E-state index in [1.807, 2.05) is 0 Å². The standard InChI is InChI=1S/C13H14N2O3/c1-13(14,12(17)18)10-7-15(2)11(16)9-6-4-3-5-8(9)10/h3-7H,14H2,1-2H3,(H,17,18). The smallest absolute Gasteiger partial charge is 0.328 e. The Bertz CT molecular complexity index is 686. The molecule has 0 aliphatic heterocycles. The first kappa shape index (κ1) is 12.3. The summed E-state index contributed by atoms with van der Waals surface area (Å²) in [7, 11) is 1.58. The van der Waals surface area contributed by atoms with Crippen molar-refractivity contribution in [2.24, 2.45) is 12.8 Å². The van der Waals surface area contributed by atoms with Crippen molar-refractivity contribution in [3.05, 3.63) is 46.4 Å². The second-order valence-corrected chi connectivity index (χ2v) is 4.51. The van der Waals surface area contributed by atoms with Crippen molar-refractivity contribution in [3.63, 3.8) is 0 Å².